The van der Waals surface area contributed by atoms with Crippen LogP contribution in [0.3, 0.4) is 0 Å². The van der Waals surface area contributed by atoms with Crippen molar-refractivity contribution in [3.63, 3.8) is 0 Å². The van der Waals surface area contributed by atoms with Crippen LogP contribution in [0.1, 0.15) is 33.4 Å². The molecule has 0 saturated heterocycles. The maximum atomic E-state index is 12.7. The molecule has 0 radical (unpaired) electrons. The third-order valence-corrected chi connectivity index (χ3v) is 4.41. The van der Waals surface area contributed by atoms with Crippen molar-refractivity contribution in [3.8, 4) is 11.5 Å². The Bertz CT molecular complexity index is 1130. The summed E-state index contributed by atoms with van der Waals surface area (Å²) in [4.78, 5) is 35.6. The maximum Gasteiger partial charge on any atom is 0.291 e. The summed E-state index contributed by atoms with van der Waals surface area (Å²) in [6.07, 6.45) is 1.40. The number of ether oxygens (including phenoxy) is 2. The third kappa shape index (κ3) is 5.22. The Morgan fingerprint density at radius 2 is 1.91 bits per heavy atom. The van der Waals surface area contributed by atoms with Crippen molar-refractivity contribution in [1.82, 2.24) is 5.32 Å². The van der Waals surface area contributed by atoms with Gasteiger partial charge in [-0.05, 0) is 36.8 Å². The quantitative estimate of drug-likeness (QED) is 0.383. The van der Waals surface area contributed by atoms with Crippen LogP contribution in [0.2, 0.25) is 0 Å². The van der Waals surface area contributed by atoms with Crippen LogP contribution in [0.25, 0.3) is 0 Å². The predicted octanol–water partition coefficient (Wildman–Crippen LogP) is 3.78. The maximum absolute atomic E-state index is 12.7. The molecule has 10 heteroatoms. The lowest BCUT2D eigenvalue weighted by Gasteiger charge is -2.12. The van der Waals surface area contributed by atoms with Gasteiger partial charge in [-0.3, -0.25) is 19.7 Å². The van der Waals surface area contributed by atoms with Crippen LogP contribution >= 0.6 is 0 Å². The first-order chi connectivity index (χ1) is 15.4. The Morgan fingerprint density at radius 1 is 1.09 bits per heavy atom. The standard InChI is InChI=1S/C22H21N3O7/c1-3-31-20-11-16(17(25(28)29)12-19(20)30-2)21(26)23-13-14-6-4-7-15(10-14)24-22(27)18-8-5-9-32-18/h4-12H,3,13H2,1-2H3,(H,23,26)(H,24,27). The van der Waals surface area contributed by atoms with Gasteiger partial charge in [0, 0.05) is 18.3 Å². The molecule has 3 aromatic rings. The molecule has 3 rings (SSSR count). The highest BCUT2D eigenvalue weighted by Gasteiger charge is 2.24. The average Bonchev–Trinajstić information content (AvgIpc) is 3.33. The van der Waals surface area contributed by atoms with Gasteiger partial charge in [-0.25, -0.2) is 0 Å². The lowest BCUT2D eigenvalue weighted by Crippen LogP contribution is -2.24. The fourth-order valence-electron chi connectivity index (χ4n) is 2.95. The van der Waals surface area contributed by atoms with Crippen LogP contribution in [-0.2, 0) is 6.54 Å². The van der Waals surface area contributed by atoms with Crippen LogP contribution < -0.4 is 20.1 Å². The minimum Gasteiger partial charge on any atom is -0.493 e. The summed E-state index contributed by atoms with van der Waals surface area (Å²) >= 11 is 0. The zero-order valence-corrected chi connectivity index (χ0v) is 17.4. The summed E-state index contributed by atoms with van der Waals surface area (Å²) in [6.45, 7) is 2.13. The van der Waals surface area contributed by atoms with Gasteiger partial charge in [-0.1, -0.05) is 12.1 Å². The number of hydrogen-bond acceptors (Lipinski definition) is 7. The third-order valence-electron chi connectivity index (χ3n) is 4.41. The molecule has 1 aromatic heterocycles. The minimum absolute atomic E-state index is 0.0798. The molecule has 0 aliphatic carbocycles. The molecular formula is C22H21N3O7. The molecule has 0 atom stereocenters. The zero-order valence-electron chi connectivity index (χ0n) is 17.4. The molecule has 166 valence electrons. The molecule has 0 aliphatic rings. The molecule has 1 heterocycles. The number of carbonyl (C=O) groups excluding carboxylic acids is 2. The van der Waals surface area contributed by atoms with Gasteiger partial charge in [0.2, 0.25) is 0 Å². The number of amides is 2. The van der Waals surface area contributed by atoms with E-state index in [1.807, 2.05) is 0 Å². The Hall–Kier alpha value is -4.34. The summed E-state index contributed by atoms with van der Waals surface area (Å²) in [5.74, 6) is -0.497. The van der Waals surface area contributed by atoms with Gasteiger partial charge in [0.1, 0.15) is 5.56 Å². The van der Waals surface area contributed by atoms with Crippen molar-refractivity contribution >= 4 is 23.2 Å². The van der Waals surface area contributed by atoms with E-state index in [-0.39, 0.29) is 29.4 Å². The number of carbonyl (C=O) groups is 2. The molecule has 2 amide bonds. The normalized spacial score (nSPS) is 10.3. The van der Waals surface area contributed by atoms with Crippen LogP contribution in [0.5, 0.6) is 11.5 Å². The number of anilines is 1. The number of nitro benzene ring substituents is 1. The zero-order chi connectivity index (χ0) is 23.1. The van der Waals surface area contributed by atoms with E-state index in [1.54, 1.807) is 37.3 Å². The van der Waals surface area contributed by atoms with Gasteiger partial charge in [0.05, 0.1) is 31.0 Å². The van der Waals surface area contributed by atoms with E-state index in [1.165, 1.54) is 25.5 Å². The van der Waals surface area contributed by atoms with Gasteiger partial charge in [0.25, 0.3) is 17.5 Å². The number of benzene rings is 2. The van der Waals surface area contributed by atoms with Crippen molar-refractivity contribution < 1.29 is 28.4 Å². The Kier molecular flexibility index (Phi) is 7.06. The summed E-state index contributed by atoms with van der Waals surface area (Å²) in [5, 5.41) is 16.8. The van der Waals surface area contributed by atoms with E-state index in [9.17, 15) is 19.7 Å². The van der Waals surface area contributed by atoms with Gasteiger partial charge >= 0.3 is 0 Å². The largest absolute Gasteiger partial charge is 0.493 e. The van der Waals surface area contributed by atoms with E-state index in [0.717, 1.165) is 6.07 Å². The second-order valence-electron chi connectivity index (χ2n) is 6.52. The van der Waals surface area contributed by atoms with Gasteiger partial charge in [-0.15, -0.1) is 0 Å². The number of hydrogen-bond donors (Lipinski definition) is 2. The number of rotatable bonds is 9. The lowest BCUT2D eigenvalue weighted by molar-refractivity contribution is -0.385. The molecule has 0 aliphatic heterocycles. The van der Waals surface area contributed by atoms with E-state index in [4.69, 9.17) is 13.9 Å². The summed E-state index contributed by atoms with van der Waals surface area (Å²) in [6, 6.07) is 12.4. The SMILES string of the molecule is CCOc1cc(C(=O)NCc2cccc(NC(=O)c3ccco3)c2)c([N+](=O)[O-])cc1OC. The molecule has 0 unspecified atom stereocenters. The second-order valence-corrected chi connectivity index (χ2v) is 6.52. The fraction of sp³-hybridized carbons (Fsp3) is 0.182. The first kappa shape index (κ1) is 22.3. The monoisotopic (exact) mass is 439 g/mol. The number of nitrogens with zero attached hydrogens (tertiary/aromatic N) is 1. The number of methoxy groups -OCH3 is 1. The van der Waals surface area contributed by atoms with E-state index >= 15 is 0 Å². The molecule has 0 bridgehead atoms. The molecule has 10 nitrogen and oxygen atoms in total. The summed E-state index contributed by atoms with van der Waals surface area (Å²) < 4.78 is 15.6. The number of nitrogens with one attached hydrogen (secondary N) is 2. The Morgan fingerprint density at radius 3 is 2.56 bits per heavy atom. The predicted molar refractivity (Wildman–Crippen MR) is 115 cm³/mol. The summed E-state index contributed by atoms with van der Waals surface area (Å²) in [5.41, 5.74) is 0.632. The van der Waals surface area contributed by atoms with Gasteiger partial charge < -0.3 is 24.5 Å². The van der Waals surface area contributed by atoms with E-state index in [0.29, 0.717) is 17.9 Å². The van der Waals surface area contributed by atoms with Crippen molar-refractivity contribution in [1.29, 1.82) is 0 Å². The lowest BCUT2D eigenvalue weighted by atomic mass is 10.1. The topological polar surface area (TPSA) is 133 Å². The first-order valence-electron chi connectivity index (χ1n) is 9.64. The average molecular weight is 439 g/mol. The molecule has 32 heavy (non-hydrogen) atoms. The van der Waals surface area contributed by atoms with E-state index in [2.05, 4.69) is 10.6 Å². The molecule has 2 N–H and O–H groups in total. The van der Waals surface area contributed by atoms with Crippen molar-refractivity contribution in [3.05, 3.63) is 81.8 Å². The van der Waals surface area contributed by atoms with Crippen LogP contribution in [-0.4, -0.2) is 30.5 Å². The van der Waals surface area contributed by atoms with Crippen LogP contribution in [0, 0.1) is 10.1 Å². The smallest absolute Gasteiger partial charge is 0.291 e. The van der Waals surface area contributed by atoms with E-state index < -0.39 is 22.4 Å². The van der Waals surface area contributed by atoms with Gasteiger partial charge in [0.15, 0.2) is 17.3 Å². The number of furan rings is 1. The highest BCUT2D eigenvalue weighted by atomic mass is 16.6. The van der Waals surface area contributed by atoms with Crippen molar-refractivity contribution in [2.75, 3.05) is 19.0 Å². The Balaban J connectivity index is 1.75. The molecular weight excluding hydrogens is 418 g/mol. The highest BCUT2D eigenvalue weighted by Crippen LogP contribution is 2.34. The fourth-order valence-corrected chi connectivity index (χ4v) is 2.95. The highest BCUT2D eigenvalue weighted by molar-refractivity contribution is 6.02. The minimum atomic E-state index is -0.655. The van der Waals surface area contributed by atoms with Crippen molar-refractivity contribution in [2.45, 2.75) is 13.5 Å². The first-order valence-corrected chi connectivity index (χ1v) is 9.64. The molecule has 0 spiro atoms. The Labute approximate surface area is 183 Å². The summed E-state index contributed by atoms with van der Waals surface area (Å²) in [7, 11) is 1.36. The van der Waals surface area contributed by atoms with Crippen LogP contribution in [0.15, 0.2) is 59.2 Å². The van der Waals surface area contributed by atoms with Gasteiger partial charge in [-0.2, -0.15) is 0 Å². The molecule has 0 fully saturated rings. The molecule has 2 aromatic carbocycles. The number of nitro groups is 1. The molecule has 0 saturated carbocycles. The van der Waals surface area contributed by atoms with Crippen LogP contribution in [0.4, 0.5) is 11.4 Å². The second kappa shape index (κ2) is 10.1. The van der Waals surface area contributed by atoms with Crippen molar-refractivity contribution in [2.24, 2.45) is 0 Å².